The molecule has 1 aromatic rings. The highest BCUT2D eigenvalue weighted by atomic mass is 32.2. The fourth-order valence-electron chi connectivity index (χ4n) is 2.14. The number of hydrogen-bond donors (Lipinski definition) is 2. The summed E-state index contributed by atoms with van der Waals surface area (Å²) in [7, 11) is -2.86. The molecule has 1 heterocycles. The van der Waals surface area contributed by atoms with Crippen molar-refractivity contribution in [1.82, 2.24) is 0 Å². The molecule has 1 aromatic carbocycles. The molecule has 4 nitrogen and oxygen atoms in total. The molecule has 0 aromatic heterocycles. The zero-order valence-corrected chi connectivity index (χ0v) is 11.1. The number of rotatable bonds is 3. The first-order valence-corrected chi connectivity index (χ1v) is 7.69. The van der Waals surface area contributed by atoms with Crippen molar-refractivity contribution in [1.29, 1.82) is 0 Å². The second-order valence-corrected chi connectivity index (χ2v) is 7.07. The number of anilines is 2. The monoisotopic (exact) mass is 272 g/mol. The summed E-state index contributed by atoms with van der Waals surface area (Å²) >= 11 is 0. The van der Waals surface area contributed by atoms with Crippen molar-refractivity contribution in [2.45, 2.75) is 13.3 Å². The van der Waals surface area contributed by atoms with Crippen molar-refractivity contribution >= 4 is 21.2 Å². The first-order chi connectivity index (χ1) is 8.37. The number of benzene rings is 1. The molecule has 1 fully saturated rings. The molecule has 2 rings (SSSR count). The Morgan fingerprint density at radius 2 is 2.22 bits per heavy atom. The minimum Gasteiger partial charge on any atom is -0.397 e. The summed E-state index contributed by atoms with van der Waals surface area (Å²) in [6.45, 7) is 2.22. The predicted molar refractivity (Wildman–Crippen MR) is 70.8 cm³/mol. The second-order valence-electron chi connectivity index (χ2n) is 4.84. The van der Waals surface area contributed by atoms with Crippen LogP contribution in [0, 0.1) is 18.7 Å². The van der Waals surface area contributed by atoms with Gasteiger partial charge >= 0.3 is 0 Å². The molecule has 0 radical (unpaired) electrons. The third-order valence-electron chi connectivity index (χ3n) is 3.24. The van der Waals surface area contributed by atoms with Gasteiger partial charge in [-0.1, -0.05) is 0 Å². The smallest absolute Gasteiger partial charge is 0.150 e. The Bertz CT molecular complexity index is 557. The summed E-state index contributed by atoms with van der Waals surface area (Å²) in [5, 5.41) is 3.10. The number of nitrogens with one attached hydrogen (secondary N) is 1. The maximum absolute atomic E-state index is 13.2. The molecule has 0 saturated carbocycles. The Morgan fingerprint density at radius 1 is 1.50 bits per heavy atom. The quantitative estimate of drug-likeness (QED) is 0.819. The summed E-state index contributed by atoms with van der Waals surface area (Å²) in [4.78, 5) is 0. The summed E-state index contributed by atoms with van der Waals surface area (Å²) in [6, 6.07) is 2.93. The molecule has 1 saturated heterocycles. The van der Waals surface area contributed by atoms with E-state index < -0.39 is 9.84 Å². The van der Waals surface area contributed by atoms with Gasteiger partial charge in [-0.3, -0.25) is 0 Å². The van der Waals surface area contributed by atoms with Crippen LogP contribution in [0.4, 0.5) is 15.8 Å². The van der Waals surface area contributed by atoms with Crippen molar-refractivity contribution in [3.8, 4) is 0 Å². The van der Waals surface area contributed by atoms with Crippen LogP contribution >= 0.6 is 0 Å². The first kappa shape index (κ1) is 13.1. The van der Waals surface area contributed by atoms with Crippen LogP contribution in [0.15, 0.2) is 12.1 Å². The van der Waals surface area contributed by atoms with Gasteiger partial charge in [-0.15, -0.1) is 0 Å². The molecule has 3 N–H and O–H groups in total. The van der Waals surface area contributed by atoms with Crippen molar-refractivity contribution in [3.05, 3.63) is 23.5 Å². The Hall–Kier alpha value is -1.30. The van der Waals surface area contributed by atoms with Gasteiger partial charge < -0.3 is 11.1 Å². The normalized spacial score (nSPS) is 22.0. The molecule has 1 aliphatic rings. The topological polar surface area (TPSA) is 72.2 Å². The van der Waals surface area contributed by atoms with Crippen LogP contribution in [-0.4, -0.2) is 26.5 Å². The Balaban J connectivity index is 2.01. The van der Waals surface area contributed by atoms with E-state index >= 15 is 0 Å². The van der Waals surface area contributed by atoms with Crippen LogP contribution in [0.2, 0.25) is 0 Å². The SMILES string of the molecule is Cc1cc(NCC2CCS(=O)(=O)C2)c(N)cc1F. The fraction of sp³-hybridized carbons (Fsp3) is 0.500. The number of sulfone groups is 1. The lowest BCUT2D eigenvalue weighted by Crippen LogP contribution is -2.16. The van der Waals surface area contributed by atoms with Crippen LogP contribution in [0.1, 0.15) is 12.0 Å². The molecule has 0 aliphatic carbocycles. The second kappa shape index (κ2) is 4.76. The molecule has 1 atom stereocenters. The summed E-state index contributed by atoms with van der Waals surface area (Å²) in [5.41, 5.74) is 7.24. The van der Waals surface area contributed by atoms with Crippen molar-refractivity contribution in [2.24, 2.45) is 5.92 Å². The number of nitrogens with two attached hydrogens (primary N) is 1. The molecule has 0 spiro atoms. The third kappa shape index (κ3) is 2.93. The summed E-state index contributed by atoms with van der Waals surface area (Å²) in [6.07, 6.45) is 0.676. The lowest BCUT2D eigenvalue weighted by Gasteiger charge is -2.13. The van der Waals surface area contributed by atoms with Crippen LogP contribution in [-0.2, 0) is 9.84 Å². The van der Waals surface area contributed by atoms with E-state index in [2.05, 4.69) is 5.32 Å². The molecule has 1 unspecified atom stereocenters. The Labute approximate surface area is 106 Å². The number of halogens is 1. The molecule has 100 valence electrons. The highest BCUT2D eigenvalue weighted by Crippen LogP contribution is 2.24. The van der Waals surface area contributed by atoms with Gasteiger partial charge in [0, 0.05) is 6.54 Å². The van der Waals surface area contributed by atoms with Gasteiger partial charge in [0.15, 0.2) is 9.84 Å². The molecular formula is C12H17FN2O2S. The van der Waals surface area contributed by atoms with Gasteiger partial charge in [-0.05, 0) is 37.0 Å². The molecule has 0 amide bonds. The minimum atomic E-state index is -2.86. The van der Waals surface area contributed by atoms with E-state index in [1.807, 2.05) is 0 Å². The summed E-state index contributed by atoms with van der Waals surface area (Å²) in [5.74, 6) is 0.262. The maximum atomic E-state index is 13.2. The van der Waals surface area contributed by atoms with Crippen LogP contribution in [0.25, 0.3) is 0 Å². The standard InChI is InChI=1S/C12H17FN2O2S/c1-8-4-12(11(14)5-10(8)13)15-6-9-2-3-18(16,17)7-9/h4-5,9,15H,2-3,6-7,14H2,1H3. The highest BCUT2D eigenvalue weighted by Gasteiger charge is 2.27. The largest absolute Gasteiger partial charge is 0.397 e. The predicted octanol–water partition coefficient (Wildman–Crippen LogP) is 1.56. The number of nitrogen functional groups attached to an aromatic ring is 1. The zero-order chi connectivity index (χ0) is 13.3. The number of hydrogen-bond acceptors (Lipinski definition) is 4. The average molecular weight is 272 g/mol. The average Bonchev–Trinajstić information content (AvgIpc) is 2.62. The van der Waals surface area contributed by atoms with Crippen molar-refractivity contribution in [3.63, 3.8) is 0 Å². The lowest BCUT2D eigenvalue weighted by atomic mass is 10.1. The molecule has 1 aliphatic heterocycles. The minimum absolute atomic E-state index is 0.111. The maximum Gasteiger partial charge on any atom is 0.150 e. The van der Waals surface area contributed by atoms with Gasteiger partial charge in [0.05, 0.1) is 22.9 Å². The zero-order valence-electron chi connectivity index (χ0n) is 10.2. The summed E-state index contributed by atoms with van der Waals surface area (Å²) < 4.78 is 35.8. The van der Waals surface area contributed by atoms with E-state index in [9.17, 15) is 12.8 Å². The van der Waals surface area contributed by atoms with Crippen molar-refractivity contribution < 1.29 is 12.8 Å². The third-order valence-corrected chi connectivity index (χ3v) is 5.08. The van der Waals surface area contributed by atoms with Crippen LogP contribution < -0.4 is 11.1 Å². The first-order valence-electron chi connectivity index (χ1n) is 5.87. The molecule has 0 bridgehead atoms. The van der Waals surface area contributed by atoms with Crippen LogP contribution in [0.5, 0.6) is 0 Å². The highest BCUT2D eigenvalue weighted by molar-refractivity contribution is 7.91. The molecule has 18 heavy (non-hydrogen) atoms. The van der Waals surface area contributed by atoms with Crippen LogP contribution in [0.3, 0.4) is 0 Å². The van der Waals surface area contributed by atoms with Gasteiger partial charge in [0.2, 0.25) is 0 Å². The molecular weight excluding hydrogens is 255 g/mol. The lowest BCUT2D eigenvalue weighted by molar-refractivity contribution is 0.596. The van der Waals surface area contributed by atoms with Gasteiger partial charge in [-0.2, -0.15) is 0 Å². The van der Waals surface area contributed by atoms with Gasteiger partial charge in [-0.25, -0.2) is 12.8 Å². The van der Waals surface area contributed by atoms with Crippen molar-refractivity contribution in [2.75, 3.05) is 29.1 Å². The molecule has 6 heteroatoms. The van der Waals surface area contributed by atoms with E-state index in [1.165, 1.54) is 6.07 Å². The Kier molecular flexibility index (Phi) is 3.47. The van der Waals surface area contributed by atoms with E-state index in [-0.39, 0.29) is 23.2 Å². The fourth-order valence-corrected chi connectivity index (χ4v) is 4.00. The number of aryl methyl sites for hydroxylation is 1. The Morgan fingerprint density at radius 3 is 2.83 bits per heavy atom. The van der Waals surface area contributed by atoms with E-state index in [1.54, 1.807) is 13.0 Å². The van der Waals surface area contributed by atoms with E-state index in [0.717, 1.165) is 0 Å². The van der Waals surface area contributed by atoms with E-state index in [4.69, 9.17) is 5.73 Å². The van der Waals surface area contributed by atoms with Gasteiger partial charge in [0.1, 0.15) is 5.82 Å². The van der Waals surface area contributed by atoms with E-state index in [0.29, 0.717) is 29.9 Å². The van der Waals surface area contributed by atoms with Gasteiger partial charge in [0.25, 0.3) is 0 Å².